The normalized spacial score (nSPS) is 20.2. The second-order valence-corrected chi connectivity index (χ2v) is 6.33. The third kappa shape index (κ3) is 3.54. The number of aryl methyl sites for hydroxylation is 2. The number of aliphatic hydroxyl groups is 1. The van der Waals surface area contributed by atoms with E-state index in [0.29, 0.717) is 24.2 Å². The predicted molar refractivity (Wildman–Crippen MR) is 88.9 cm³/mol. The van der Waals surface area contributed by atoms with Gasteiger partial charge in [-0.2, -0.15) is 0 Å². The number of likely N-dealkylation sites (tertiary alicyclic amines) is 1. The van der Waals surface area contributed by atoms with E-state index in [9.17, 15) is 9.90 Å². The van der Waals surface area contributed by atoms with Gasteiger partial charge in [0.05, 0.1) is 17.8 Å². The average Bonchev–Trinajstić information content (AvgIpc) is 2.96. The maximum atomic E-state index is 12.6. The molecule has 0 bridgehead atoms. The summed E-state index contributed by atoms with van der Waals surface area (Å²) in [5, 5.41) is 10.7. The molecule has 1 saturated heterocycles. The Kier molecular flexibility index (Phi) is 4.49. The third-order valence-corrected chi connectivity index (χ3v) is 4.26. The number of carbonyl (C=O) groups is 1. The van der Waals surface area contributed by atoms with Gasteiger partial charge in [-0.15, -0.1) is 0 Å². The largest absolute Gasteiger partial charge is 0.491 e. The van der Waals surface area contributed by atoms with Crippen molar-refractivity contribution in [2.24, 2.45) is 0 Å². The monoisotopic (exact) mass is 327 g/mol. The number of β-amino-alcohol motifs (C(OH)–C–C–N with tert-alkyl or cyclic N) is 1. The van der Waals surface area contributed by atoms with Gasteiger partial charge >= 0.3 is 0 Å². The summed E-state index contributed by atoms with van der Waals surface area (Å²) < 4.78 is 5.72. The van der Waals surface area contributed by atoms with Gasteiger partial charge in [-0.05, 0) is 38.0 Å². The summed E-state index contributed by atoms with van der Waals surface area (Å²) in [6, 6.07) is 7.68. The number of hydrogen-bond acceptors (Lipinski definition) is 5. The topological polar surface area (TPSA) is 75.6 Å². The maximum Gasteiger partial charge on any atom is 0.257 e. The van der Waals surface area contributed by atoms with Gasteiger partial charge in [0.15, 0.2) is 0 Å². The Labute approximate surface area is 141 Å². The van der Waals surface area contributed by atoms with Crippen molar-refractivity contribution in [3.63, 3.8) is 0 Å². The van der Waals surface area contributed by atoms with E-state index in [1.807, 2.05) is 31.2 Å². The van der Waals surface area contributed by atoms with Crippen LogP contribution in [0.1, 0.15) is 28.0 Å². The van der Waals surface area contributed by atoms with E-state index in [0.717, 1.165) is 11.3 Å². The third-order valence-electron chi connectivity index (χ3n) is 4.26. The van der Waals surface area contributed by atoms with Gasteiger partial charge in [-0.1, -0.05) is 12.1 Å². The summed E-state index contributed by atoms with van der Waals surface area (Å²) >= 11 is 0. The van der Waals surface area contributed by atoms with Gasteiger partial charge in [-0.25, -0.2) is 9.97 Å². The van der Waals surface area contributed by atoms with Crippen molar-refractivity contribution in [3.05, 3.63) is 53.6 Å². The van der Waals surface area contributed by atoms with Gasteiger partial charge in [-0.3, -0.25) is 4.79 Å². The van der Waals surface area contributed by atoms with Crippen LogP contribution in [0.25, 0.3) is 0 Å². The number of amides is 1. The Hall–Kier alpha value is -2.47. The van der Waals surface area contributed by atoms with E-state index < -0.39 is 5.60 Å². The Morgan fingerprint density at radius 3 is 3.00 bits per heavy atom. The highest BCUT2D eigenvalue weighted by molar-refractivity contribution is 5.95. The van der Waals surface area contributed by atoms with E-state index in [1.54, 1.807) is 11.8 Å². The smallest absolute Gasteiger partial charge is 0.257 e. The molecule has 1 aromatic carbocycles. The van der Waals surface area contributed by atoms with Crippen LogP contribution in [0.3, 0.4) is 0 Å². The number of rotatable bonds is 4. The lowest BCUT2D eigenvalue weighted by atomic mass is 10.1. The molecule has 6 heteroatoms. The fourth-order valence-corrected chi connectivity index (χ4v) is 2.84. The van der Waals surface area contributed by atoms with Crippen molar-refractivity contribution in [1.29, 1.82) is 0 Å². The molecule has 126 valence electrons. The number of hydrogen-bond donors (Lipinski definition) is 1. The van der Waals surface area contributed by atoms with Crippen LogP contribution < -0.4 is 4.74 Å². The zero-order valence-corrected chi connectivity index (χ0v) is 13.9. The second-order valence-electron chi connectivity index (χ2n) is 6.33. The lowest BCUT2D eigenvalue weighted by Gasteiger charge is -2.24. The Bertz CT molecular complexity index is 750. The van der Waals surface area contributed by atoms with Gasteiger partial charge < -0.3 is 14.7 Å². The van der Waals surface area contributed by atoms with Gasteiger partial charge in [0, 0.05) is 12.7 Å². The highest BCUT2D eigenvalue weighted by atomic mass is 16.5. The molecule has 1 aliphatic heterocycles. The minimum absolute atomic E-state index is 0.153. The highest BCUT2D eigenvalue weighted by Crippen LogP contribution is 2.25. The number of carbonyl (C=O) groups excluding carboxylic acids is 1. The van der Waals surface area contributed by atoms with Crippen LogP contribution in [0.5, 0.6) is 5.75 Å². The number of ether oxygens (including phenoxy) is 1. The van der Waals surface area contributed by atoms with Crippen molar-refractivity contribution in [2.75, 3.05) is 19.7 Å². The molecule has 1 aromatic heterocycles. The SMILES string of the molecule is Cc1cccc(OC[C@]2(O)CCN(C(=O)c3cncnc3C)C2)c1. The average molecular weight is 327 g/mol. The summed E-state index contributed by atoms with van der Waals surface area (Å²) in [6.45, 7) is 4.65. The lowest BCUT2D eigenvalue weighted by molar-refractivity contribution is 0.00427. The predicted octanol–water partition coefficient (Wildman–Crippen LogP) is 1.75. The first-order valence-electron chi connectivity index (χ1n) is 7.95. The van der Waals surface area contributed by atoms with Crippen molar-refractivity contribution in [3.8, 4) is 5.75 Å². The van der Waals surface area contributed by atoms with Crippen LogP contribution in [0, 0.1) is 13.8 Å². The van der Waals surface area contributed by atoms with E-state index in [-0.39, 0.29) is 19.1 Å². The number of benzene rings is 1. The molecule has 1 N–H and O–H groups in total. The molecule has 6 nitrogen and oxygen atoms in total. The van der Waals surface area contributed by atoms with Crippen LogP contribution in [0.2, 0.25) is 0 Å². The first kappa shape index (κ1) is 16.4. The Balaban J connectivity index is 1.63. The number of aromatic nitrogens is 2. The van der Waals surface area contributed by atoms with Gasteiger partial charge in [0.2, 0.25) is 0 Å². The molecule has 0 unspecified atom stereocenters. The van der Waals surface area contributed by atoms with Crippen LogP contribution in [0.15, 0.2) is 36.8 Å². The van der Waals surface area contributed by atoms with E-state index in [1.165, 1.54) is 12.5 Å². The van der Waals surface area contributed by atoms with Crippen molar-refractivity contribution in [2.45, 2.75) is 25.9 Å². The van der Waals surface area contributed by atoms with Crippen molar-refractivity contribution < 1.29 is 14.6 Å². The molecule has 1 aliphatic rings. The molecule has 3 rings (SSSR count). The molecule has 0 spiro atoms. The fourth-order valence-electron chi connectivity index (χ4n) is 2.84. The summed E-state index contributed by atoms with van der Waals surface area (Å²) in [6.07, 6.45) is 3.42. The minimum atomic E-state index is -1.04. The molecule has 0 radical (unpaired) electrons. The van der Waals surface area contributed by atoms with E-state index >= 15 is 0 Å². The van der Waals surface area contributed by atoms with Gasteiger partial charge in [0.25, 0.3) is 5.91 Å². The molecule has 2 aromatic rings. The first-order chi connectivity index (χ1) is 11.5. The van der Waals surface area contributed by atoms with Crippen molar-refractivity contribution in [1.82, 2.24) is 14.9 Å². The standard InChI is InChI=1S/C18H21N3O3/c1-13-4-3-5-15(8-13)24-11-18(23)6-7-21(10-18)17(22)16-9-19-12-20-14(16)2/h3-5,8-9,12,23H,6-7,10-11H2,1-2H3/t18-/m0/s1. The lowest BCUT2D eigenvalue weighted by Crippen LogP contribution is -2.40. The zero-order chi connectivity index (χ0) is 17.2. The first-order valence-corrected chi connectivity index (χ1v) is 7.95. The molecular weight excluding hydrogens is 306 g/mol. The Morgan fingerprint density at radius 2 is 2.25 bits per heavy atom. The molecule has 24 heavy (non-hydrogen) atoms. The van der Waals surface area contributed by atoms with Crippen molar-refractivity contribution >= 4 is 5.91 Å². The van der Waals surface area contributed by atoms with Crippen LogP contribution in [0.4, 0.5) is 0 Å². The summed E-state index contributed by atoms with van der Waals surface area (Å²) in [4.78, 5) is 22.2. The maximum absolute atomic E-state index is 12.6. The Morgan fingerprint density at radius 1 is 1.42 bits per heavy atom. The molecular formula is C18H21N3O3. The zero-order valence-electron chi connectivity index (χ0n) is 13.9. The second kappa shape index (κ2) is 6.57. The highest BCUT2D eigenvalue weighted by Gasteiger charge is 2.39. The van der Waals surface area contributed by atoms with Crippen LogP contribution in [-0.4, -0.2) is 51.2 Å². The minimum Gasteiger partial charge on any atom is -0.491 e. The van der Waals surface area contributed by atoms with Crippen LogP contribution >= 0.6 is 0 Å². The van der Waals surface area contributed by atoms with E-state index in [4.69, 9.17) is 4.74 Å². The molecule has 1 atom stereocenters. The van der Waals surface area contributed by atoms with Gasteiger partial charge in [0.1, 0.15) is 24.3 Å². The summed E-state index contributed by atoms with van der Waals surface area (Å²) in [5.74, 6) is 0.570. The fraction of sp³-hybridized carbons (Fsp3) is 0.389. The molecule has 2 heterocycles. The molecule has 1 amide bonds. The number of nitrogens with zero attached hydrogens (tertiary/aromatic N) is 3. The molecule has 1 fully saturated rings. The summed E-state index contributed by atoms with van der Waals surface area (Å²) in [5.41, 5.74) is 1.17. The summed E-state index contributed by atoms with van der Waals surface area (Å²) in [7, 11) is 0. The molecule has 0 aliphatic carbocycles. The molecule has 0 saturated carbocycles. The van der Waals surface area contributed by atoms with Crippen LogP contribution in [-0.2, 0) is 0 Å². The quantitative estimate of drug-likeness (QED) is 0.926. The van der Waals surface area contributed by atoms with E-state index in [2.05, 4.69) is 9.97 Å².